The first kappa shape index (κ1) is 13.3. The van der Waals surface area contributed by atoms with Crippen LogP contribution in [0, 0.1) is 13.8 Å². The fourth-order valence-corrected chi connectivity index (χ4v) is 2.33. The van der Waals surface area contributed by atoms with E-state index >= 15 is 0 Å². The van der Waals surface area contributed by atoms with Crippen LogP contribution in [0.5, 0.6) is 0 Å². The van der Waals surface area contributed by atoms with Crippen LogP contribution in [0.1, 0.15) is 27.3 Å². The number of aromatic nitrogens is 3. The van der Waals surface area contributed by atoms with Gasteiger partial charge in [0.05, 0.1) is 6.54 Å². The molecule has 0 saturated heterocycles. The SMILES string of the molecule is Cc1ccc(C(=O)NCc2nnc3ccccn23)c(C)c1. The maximum Gasteiger partial charge on any atom is 0.251 e. The minimum absolute atomic E-state index is 0.0971. The van der Waals surface area contributed by atoms with Crippen LogP contribution in [0.25, 0.3) is 5.65 Å². The lowest BCUT2D eigenvalue weighted by molar-refractivity contribution is 0.0949. The van der Waals surface area contributed by atoms with Crippen molar-refractivity contribution in [3.8, 4) is 0 Å². The molecule has 0 unspecified atom stereocenters. The van der Waals surface area contributed by atoms with Gasteiger partial charge in [-0.15, -0.1) is 10.2 Å². The summed E-state index contributed by atoms with van der Waals surface area (Å²) in [5, 5.41) is 11.0. The number of rotatable bonds is 3. The second-order valence-corrected chi connectivity index (χ2v) is 5.05. The van der Waals surface area contributed by atoms with E-state index in [1.54, 1.807) is 0 Å². The molecule has 1 N–H and O–H groups in total. The minimum Gasteiger partial charge on any atom is -0.345 e. The van der Waals surface area contributed by atoms with E-state index < -0.39 is 0 Å². The molecule has 0 aliphatic carbocycles. The van der Waals surface area contributed by atoms with Gasteiger partial charge in [-0.2, -0.15) is 0 Å². The molecule has 0 saturated carbocycles. The van der Waals surface area contributed by atoms with E-state index in [2.05, 4.69) is 15.5 Å². The Kier molecular flexibility index (Phi) is 3.39. The average Bonchev–Trinajstić information content (AvgIpc) is 2.88. The summed E-state index contributed by atoms with van der Waals surface area (Å²) in [6, 6.07) is 11.5. The van der Waals surface area contributed by atoms with Crippen LogP contribution in [0.3, 0.4) is 0 Å². The molecule has 106 valence electrons. The quantitative estimate of drug-likeness (QED) is 0.800. The van der Waals surface area contributed by atoms with Crippen molar-refractivity contribution in [2.45, 2.75) is 20.4 Å². The topological polar surface area (TPSA) is 59.3 Å². The molecule has 2 aromatic heterocycles. The van der Waals surface area contributed by atoms with Crippen molar-refractivity contribution in [1.29, 1.82) is 0 Å². The fourth-order valence-electron chi connectivity index (χ4n) is 2.33. The zero-order valence-electron chi connectivity index (χ0n) is 12.0. The number of fused-ring (bicyclic) bond motifs is 1. The third kappa shape index (κ3) is 2.63. The molecule has 0 aliphatic heterocycles. The molecule has 5 nitrogen and oxygen atoms in total. The van der Waals surface area contributed by atoms with E-state index in [0.717, 1.165) is 16.8 Å². The van der Waals surface area contributed by atoms with Gasteiger partial charge in [0, 0.05) is 11.8 Å². The van der Waals surface area contributed by atoms with Crippen LogP contribution in [-0.4, -0.2) is 20.5 Å². The number of carbonyl (C=O) groups is 1. The van der Waals surface area contributed by atoms with Gasteiger partial charge in [0.1, 0.15) is 0 Å². The van der Waals surface area contributed by atoms with Crippen molar-refractivity contribution in [1.82, 2.24) is 19.9 Å². The normalized spacial score (nSPS) is 10.8. The number of benzene rings is 1. The zero-order valence-corrected chi connectivity index (χ0v) is 12.0. The summed E-state index contributed by atoms with van der Waals surface area (Å²) in [4.78, 5) is 12.2. The first-order valence-electron chi connectivity index (χ1n) is 6.79. The van der Waals surface area contributed by atoms with Gasteiger partial charge in [0.2, 0.25) is 0 Å². The molecule has 0 radical (unpaired) electrons. The van der Waals surface area contributed by atoms with Crippen molar-refractivity contribution in [3.63, 3.8) is 0 Å². The average molecular weight is 280 g/mol. The van der Waals surface area contributed by atoms with Gasteiger partial charge in [-0.25, -0.2) is 0 Å². The standard InChI is InChI=1S/C16H16N4O/c1-11-6-7-13(12(2)9-11)16(21)17-10-15-19-18-14-5-3-4-8-20(14)15/h3-9H,10H2,1-2H3,(H,17,21). The summed E-state index contributed by atoms with van der Waals surface area (Å²) in [6.07, 6.45) is 1.88. The van der Waals surface area contributed by atoms with E-state index in [9.17, 15) is 4.79 Å². The van der Waals surface area contributed by atoms with E-state index in [-0.39, 0.29) is 5.91 Å². The molecule has 1 amide bonds. The minimum atomic E-state index is -0.0971. The second kappa shape index (κ2) is 5.36. The Balaban J connectivity index is 1.77. The highest BCUT2D eigenvalue weighted by Gasteiger charge is 2.10. The highest BCUT2D eigenvalue weighted by Crippen LogP contribution is 2.10. The molecule has 3 aromatic rings. The summed E-state index contributed by atoms with van der Waals surface area (Å²) in [6.45, 7) is 4.29. The number of amides is 1. The van der Waals surface area contributed by atoms with Crippen molar-refractivity contribution in [2.24, 2.45) is 0 Å². The predicted molar refractivity (Wildman–Crippen MR) is 80.1 cm³/mol. The maximum absolute atomic E-state index is 12.2. The first-order chi connectivity index (χ1) is 10.1. The summed E-state index contributed by atoms with van der Waals surface area (Å²) in [5.74, 6) is 0.615. The van der Waals surface area contributed by atoms with E-state index in [1.807, 2.05) is 60.8 Å². The highest BCUT2D eigenvalue weighted by atomic mass is 16.1. The predicted octanol–water partition coefficient (Wildman–Crippen LogP) is 2.28. The van der Waals surface area contributed by atoms with Gasteiger partial charge in [0.25, 0.3) is 5.91 Å². The van der Waals surface area contributed by atoms with Crippen LogP contribution in [0.15, 0.2) is 42.6 Å². The third-order valence-corrected chi connectivity index (χ3v) is 3.42. The number of pyridine rings is 1. The molecule has 2 heterocycles. The molecule has 3 rings (SSSR count). The molecule has 0 spiro atoms. The fraction of sp³-hybridized carbons (Fsp3) is 0.188. The second-order valence-electron chi connectivity index (χ2n) is 5.05. The number of hydrogen-bond acceptors (Lipinski definition) is 3. The number of nitrogens with zero attached hydrogens (tertiary/aromatic N) is 3. The Morgan fingerprint density at radius 3 is 2.86 bits per heavy atom. The lowest BCUT2D eigenvalue weighted by Crippen LogP contribution is -2.24. The number of nitrogens with one attached hydrogen (secondary N) is 1. The van der Waals surface area contributed by atoms with Crippen molar-refractivity contribution < 1.29 is 4.79 Å². The number of aryl methyl sites for hydroxylation is 2. The Hall–Kier alpha value is -2.69. The largest absolute Gasteiger partial charge is 0.345 e. The maximum atomic E-state index is 12.2. The van der Waals surface area contributed by atoms with Crippen LogP contribution in [-0.2, 0) is 6.54 Å². The van der Waals surface area contributed by atoms with Gasteiger partial charge >= 0.3 is 0 Å². The van der Waals surface area contributed by atoms with Crippen LogP contribution >= 0.6 is 0 Å². The lowest BCUT2D eigenvalue weighted by atomic mass is 10.1. The lowest BCUT2D eigenvalue weighted by Gasteiger charge is -2.07. The molecule has 1 aromatic carbocycles. The van der Waals surface area contributed by atoms with Crippen LogP contribution < -0.4 is 5.32 Å². The molecule has 0 fully saturated rings. The molecule has 0 bridgehead atoms. The molecule has 0 aliphatic rings. The highest BCUT2D eigenvalue weighted by molar-refractivity contribution is 5.95. The van der Waals surface area contributed by atoms with Crippen molar-refractivity contribution in [2.75, 3.05) is 0 Å². The Morgan fingerprint density at radius 1 is 1.19 bits per heavy atom. The summed E-state index contributed by atoms with van der Waals surface area (Å²) in [5.41, 5.74) is 3.58. The van der Waals surface area contributed by atoms with Gasteiger partial charge in [-0.05, 0) is 37.6 Å². The zero-order chi connectivity index (χ0) is 14.8. The number of hydrogen-bond donors (Lipinski definition) is 1. The van der Waals surface area contributed by atoms with E-state index in [1.165, 1.54) is 0 Å². The van der Waals surface area contributed by atoms with E-state index in [4.69, 9.17) is 0 Å². The molecule has 5 heteroatoms. The van der Waals surface area contributed by atoms with Crippen LogP contribution in [0.2, 0.25) is 0 Å². The van der Waals surface area contributed by atoms with Crippen molar-refractivity contribution >= 4 is 11.6 Å². The summed E-state index contributed by atoms with van der Waals surface area (Å²) < 4.78 is 1.86. The Morgan fingerprint density at radius 2 is 2.05 bits per heavy atom. The van der Waals surface area contributed by atoms with E-state index in [0.29, 0.717) is 17.9 Å². The van der Waals surface area contributed by atoms with Crippen molar-refractivity contribution in [3.05, 3.63) is 65.1 Å². The van der Waals surface area contributed by atoms with Gasteiger partial charge in [-0.3, -0.25) is 9.20 Å². The number of carbonyl (C=O) groups excluding carboxylic acids is 1. The van der Waals surface area contributed by atoms with Crippen LogP contribution in [0.4, 0.5) is 0 Å². The first-order valence-corrected chi connectivity index (χ1v) is 6.79. The molecular weight excluding hydrogens is 264 g/mol. The molecule has 0 atom stereocenters. The monoisotopic (exact) mass is 280 g/mol. The Labute approximate surface area is 122 Å². The van der Waals surface area contributed by atoms with Gasteiger partial charge < -0.3 is 5.32 Å². The molecular formula is C16H16N4O. The molecule has 21 heavy (non-hydrogen) atoms. The smallest absolute Gasteiger partial charge is 0.251 e. The van der Waals surface area contributed by atoms with Gasteiger partial charge in [-0.1, -0.05) is 23.8 Å². The third-order valence-electron chi connectivity index (χ3n) is 3.42. The Bertz CT molecular complexity index is 807. The van der Waals surface area contributed by atoms with Gasteiger partial charge in [0.15, 0.2) is 11.5 Å². The summed E-state index contributed by atoms with van der Waals surface area (Å²) in [7, 11) is 0. The summed E-state index contributed by atoms with van der Waals surface area (Å²) >= 11 is 0.